The Morgan fingerprint density at radius 1 is 1.33 bits per heavy atom. The molecule has 1 aromatic carbocycles. The molecule has 1 aromatic rings. The molecule has 4 heteroatoms. The molecule has 21 heavy (non-hydrogen) atoms. The highest BCUT2D eigenvalue weighted by atomic mass is 16.5. The maximum absolute atomic E-state index is 11.2. The molecule has 0 aliphatic heterocycles. The number of carbonyl (C=O) groups excluding carboxylic acids is 1. The van der Waals surface area contributed by atoms with Crippen LogP contribution in [0.5, 0.6) is 17.2 Å². The number of phenolic OH excluding ortho intramolecular Hbond substituents is 2. The first-order valence-electron chi connectivity index (χ1n) is 7.11. The van der Waals surface area contributed by atoms with Crippen LogP contribution < -0.4 is 4.74 Å². The van der Waals surface area contributed by atoms with E-state index in [0.717, 1.165) is 12.8 Å². The summed E-state index contributed by atoms with van der Waals surface area (Å²) in [5.41, 5.74) is 2.19. The van der Waals surface area contributed by atoms with Crippen LogP contribution in [0.1, 0.15) is 57.6 Å². The number of hydrogen-bond acceptors (Lipinski definition) is 4. The number of hydrogen-bond donors (Lipinski definition) is 2. The summed E-state index contributed by atoms with van der Waals surface area (Å²) >= 11 is 0. The summed E-state index contributed by atoms with van der Waals surface area (Å²) in [6.45, 7) is 8.93. The molecule has 0 radical (unpaired) electrons. The van der Waals surface area contributed by atoms with E-state index in [9.17, 15) is 15.0 Å². The minimum Gasteiger partial charge on any atom is -0.508 e. The van der Waals surface area contributed by atoms with Crippen molar-refractivity contribution in [1.29, 1.82) is 0 Å². The molecular weight excluding hydrogens is 268 g/mol. The molecule has 0 heterocycles. The normalized spacial score (nSPS) is 11.9. The lowest BCUT2D eigenvalue weighted by atomic mass is 9.92. The van der Waals surface area contributed by atoms with Crippen molar-refractivity contribution in [3.05, 3.63) is 28.8 Å². The lowest BCUT2D eigenvalue weighted by Gasteiger charge is -2.19. The molecule has 0 bridgehead atoms. The van der Waals surface area contributed by atoms with Gasteiger partial charge in [-0.15, -0.1) is 0 Å². The Balaban J connectivity index is 3.17. The minimum atomic E-state index is -0.520. The fourth-order valence-electron chi connectivity index (χ4n) is 2.26. The van der Waals surface area contributed by atoms with Crippen LogP contribution in [0, 0.1) is 6.92 Å². The zero-order chi connectivity index (χ0) is 16.2. The second kappa shape index (κ2) is 7.16. The monoisotopic (exact) mass is 292 g/mol. The van der Waals surface area contributed by atoms with Crippen LogP contribution in [-0.2, 0) is 4.79 Å². The molecule has 1 rings (SSSR count). The van der Waals surface area contributed by atoms with E-state index in [1.54, 1.807) is 6.92 Å². The average Bonchev–Trinajstić information content (AvgIpc) is 2.34. The third-order valence-corrected chi connectivity index (χ3v) is 3.35. The molecule has 0 saturated carbocycles. The van der Waals surface area contributed by atoms with Crippen molar-refractivity contribution in [2.24, 2.45) is 0 Å². The van der Waals surface area contributed by atoms with Gasteiger partial charge in [0.05, 0.1) is 0 Å². The Hall–Kier alpha value is -1.97. The highest BCUT2D eigenvalue weighted by Crippen LogP contribution is 2.44. The summed E-state index contributed by atoms with van der Waals surface area (Å²) < 4.78 is 5.12. The maximum Gasteiger partial charge on any atom is 0.308 e. The van der Waals surface area contributed by atoms with E-state index in [-0.39, 0.29) is 23.2 Å². The van der Waals surface area contributed by atoms with Crippen molar-refractivity contribution >= 4 is 5.97 Å². The van der Waals surface area contributed by atoms with Crippen LogP contribution >= 0.6 is 0 Å². The van der Waals surface area contributed by atoms with Crippen LogP contribution in [0.4, 0.5) is 0 Å². The van der Waals surface area contributed by atoms with Gasteiger partial charge in [-0.05, 0) is 51.2 Å². The van der Waals surface area contributed by atoms with E-state index in [2.05, 4.69) is 6.08 Å². The molecule has 0 aliphatic carbocycles. The van der Waals surface area contributed by atoms with Gasteiger partial charge in [0.25, 0.3) is 0 Å². The molecule has 4 nitrogen and oxygen atoms in total. The van der Waals surface area contributed by atoms with E-state index >= 15 is 0 Å². The quantitative estimate of drug-likeness (QED) is 0.370. The smallest absolute Gasteiger partial charge is 0.308 e. The SMILES string of the molecule is CC(=O)Oc1c(O)c(C)cc(O)c1[C@H](C)CCC=C(C)C. The number of ether oxygens (including phenoxy) is 1. The summed E-state index contributed by atoms with van der Waals surface area (Å²) in [4.78, 5) is 11.2. The van der Waals surface area contributed by atoms with Gasteiger partial charge in [0, 0.05) is 12.5 Å². The molecule has 0 unspecified atom stereocenters. The first-order chi connectivity index (χ1) is 9.73. The van der Waals surface area contributed by atoms with Gasteiger partial charge in [0.2, 0.25) is 0 Å². The highest BCUT2D eigenvalue weighted by molar-refractivity contribution is 5.72. The molecule has 0 spiro atoms. The molecular formula is C17H24O4. The third kappa shape index (κ3) is 4.52. The lowest BCUT2D eigenvalue weighted by molar-refractivity contribution is -0.132. The summed E-state index contributed by atoms with van der Waals surface area (Å²) in [6, 6.07) is 1.50. The highest BCUT2D eigenvalue weighted by Gasteiger charge is 2.22. The molecule has 116 valence electrons. The van der Waals surface area contributed by atoms with Crippen molar-refractivity contribution in [2.45, 2.75) is 53.4 Å². The van der Waals surface area contributed by atoms with Crippen LogP contribution in [0.3, 0.4) is 0 Å². The van der Waals surface area contributed by atoms with Gasteiger partial charge in [-0.1, -0.05) is 18.6 Å². The number of benzene rings is 1. The van der Waals surface area contributed by atoms with Gasteiger partial charge < -0.3 is 14.9 Å². The van der Waals surface area contributed by atoms with E-state index < -0.39 is 5.97 Å². The molecule has 1 atom stereocenters. The summed E-state index contributed by atoms with van der Waals surface area (Å²) in [7, 11) is 0. The van der Waals surface area contributed by atoms with Crippen molar-refractivity contribution in [3.63, 3.8) is 0 Å². The number of aromatic hydroxyl groups is 2. The number of rotatable bonds is 5. The van der Waals surface area contributed by atoms with Gasteiger partial charge in [0.1, 0.15) is 5.75 Å². The molecule has 0 fully saturated rings. The molecule has 0 aromatic heterocycles. The second-order valence-electron chi connectivity index (χ2n) is 5.66. The van der Waals surface area contributed by atoms with E-state index in [1.165, 1.54) is 18.6 Å². The zero-order valence-corrected chi connectivity index (χ0v) is 13.4. The second-order valence-corrected chi connectivity index (χ2v) is 5.66. The van der Waals surface area contributed by atoms with Crippen LogP contribution in [0.2, 0.25) is 0 Å². The minimum absolute atomic E-state index is 0.0403. The topological polar surface area (TPSA) is 66.8 Å². The Labute approximate surface area is 126 Å². The largest absolute Gasteiger partial charge is 0.508 e. The standard InChI is InChI=1S/C17H24O4/c1-10(2)7-6-8-11(3)15-14(19)9-12(4)16(20)17(15)21-13(5)18/h7,9,11,19-20H,6,8H2,1-5H3/t11-/m1/s1. The fraction of sp³-hybridized carbons (Fsp3) is 0.471. The fourth-order valence-corrected chi connectivity index (χ4v) is 2.26. The van der Waals surface area contributed by atoms with Gasteiger partial charge in [0.15, 0.2) is 11.5 Å². The number of phenols is 2. The van der Waals surface area contributed by atoms with Crippen molar-refractivity contribution in [1.82, 2.24) is 0 Å². The van der Waals surface area contributed by atoms with Crippen molar-refractivity contribution < 1.29 is 19.7 Å². The third-order valence-electron chi connectivity index (χ3n) is 3.35. The Kier molecular flexibility index (Phi) is 5.82. The lowest BCUT2D eigenvalue weighted by Crippen LogP contribution is -2.07. The van der Waals surface area contributed by atoms with Crippen LogP contribution in [0.15, 0.2) is 17.7 Å². The first kappa shape index (κ1) is 17.1. The van der Waals surface area contributed by atoms with Crippen LogP contribution in [0.25, 0.3) is 0 Å². The maximum atomic E-state index is 11.2. The van der Waals surface area contributed by atoms with Gasteiger partial charge in [-0.25, -0.2) is 0 Å². The van der Waals surface area contributed by atoms with Gasteiger partial charge >= 0.3 is 5.97 Å². The van der Waals surface area contributed by atoms with E-state index in [4.69, 9.17) is 4.74 Å². The molecule has 0 saturated heterocycles. The van der Waals surface area contributed by atoms with Gasteiger partial charge in [-0.2, -0.15) is 0 Å². The number of esters is 1. The number of carbonyl (C=O) groups is 1. The summed E-state index contributed by atoms with van der Waals surface area (Å²) in [6.07, 6.45) is 3.76. The number of allylic oxidation sites excluding steroid dienone is 2. The predicted octanol–water partition coefficient (Wildman–Crippen LogP) is 4.18. The average molecular weight is 292 g/mol. The van der Waals surface area contributed by atoms with Gasteiger partial charge in [-0.3, -0.25) is 4.79 Å². The van der Waals surface area contributed by atoms with Crippen molar-refractivity contribution in [2.75, 3.05) is 0 Å². The van der Waals surface area contributed by atoms with Crippen molar-refractivity contribution in [3.8, 4) is 17.2 Å². The Bertz CT molecular complexity index is 554. The number of aryl methyl sites for hydroxylation is 1. The van der Waals surface area contributed by atoms with E-state index in [0.29, 0.717) is 11.1 Å². The Morgan fingerprint density at radius 3 is 2.48 bits per heavy atom. The van der Waals surface area contributed by atoms with Crippen LogP contribution in [-0.4, -0.2) is 16.2 Å². The molecule has 2 N–H and O–H groups in total. The summed E-state index contributed by atoms with van der Waals surface area (Å²) in [5.74, 6) is -0.530. The Morgan fingerprint density at radius 2 is 1.95 bits per heavy atom. The summed E-state index contributed by atoms with van der Waals surface area (Å²) in [5, 5.41) is 20.3. The van der Waals surface area contributed by atoms with E-state index in [1.807, 2.05) is 20.8 Å². The molecule has 0 amide bonds. The first-order valence-corrected chi connectivity index (χ1v) is 7.11. The predicted molar refractivity (Wildman–Crippen MR) is 82.9 cm³/mol. The zero-order valence-electron chi connectivity index (χ0n) is 13.4. The molecule has 0 aliphatic rings.